The number of rotatable bonds is 5. The van der Waals surface area contributed by atoms with Gasteiger partial charge in [0, 0.05) is 49.5 Å². The summed E-state index contributed by atoms with van der Waals surface area (Å²) in [6.07, 6.45) is 4.06. The third-order valence-corrected chi connectivity index (χ3v) is 5.74. The molecule has 0 spiro atoms. The van der Waals surface area contributed by atoms with Gasteiger partial charge in [-0.05, 0) is 56.5 Å². The van der Waals surface area contributed by atoms with Crippen molar-refractivity contribution in [2.24, 2.45) is 5.92 Å². The summed E-state index contributed by atoms with van der Waals surface area (Å²) in [5.74, 6) is 0.812. The molecule has 0 saturated carbocycles. The van der Waals surface area contributed by atoms with E-state index in [4.69, 9.17) is 11.6 Å². The molecule has 0 bridgehead atoms. The Morgan fingerprint density at radius 2 is 1.92 bits per heavy atom. The molecule has 2 saturated heterocycles. The SMILES string of the molecule is CC(C)CCN1CCC[C@@H](N2CCN(c3cccc(Cl)c3)CC2)C1. The largest absolute Gasteiger partial charge is 0.369 e. The van der Waals surface area contributed by atoms with E-state index in [1.165, 1.54) is 57.7 Å². The zero-order valence-corrected chi connectivity index (χ0v) is 16.0. The van der Waals surface area contributed by atoms with Crippen molar-refractivity contribution in [3.8, 4) is 0 Å². The molecule has 0 unspecified atom stereocenters. The van der Waals surface area contributed by atoms with Gasteiger partial charge in [-0.15, -0.1) is 0 Å². The number of piperidine rings is 1. The summed E-state index contributed by atoms with van der Waals surface area (Å²) in [5, 5.41) is 0.836. The summed E-state index contributed by atoms with van der Waals surface area (Å²) in [4.78, 5) is 7.89. The normalized spacial score (nSPS) is 23.8. The Morgan fingerprint density at radius 3 is 2.62 bits per heavy atom. The quantitative estimate of drug-likeness (QED) is 0.796. The number of nitrogens with zero attached hydrogens (tertiary/aromatic N) is 3. The lowest BCUT2D eigenvalue weighted by molar-refractivity contribution is 0.0900. The van der Waals surface area contributed by atoms with Crippen LogP contribution in [0.15, 0.2) is 24.3 Å². The fourth-order valence-electron chi connectivity index (χ4n) is 3.99. The van der Waals surface area contributed by atoms with Gasteiger partial charge >= 0.3 is 0 Å². The number of halogens is 1. The molecule has 0 N–H and O–H groups in total. The van der Waals surface area contributed by atoms with Crippen molar-refractivity contribution in [1.29, 1.82) is 0 Å². The number of likely N-dealkylation sites (tertiary alicyclic amines) is 1. The number of anilines is 1. The van der Waals surface area contributed by atoms with E-state index in [0.717, 1.165) is 30.1 Å². The van der Waals surface area contributed by atoms with Crippen molar-refractivity contribution >= 4 is 17.3 Å². The molecule has 24 heavy (non-hydrogen) atoms. The fourth-order valence-corrected chi connectivity index (χ4v) is 4.18. The molecule has 0 amide bonds. The van der Waals surface area contributed by atoms with Crippen LogP contribution in [0.3, 0.4) is 0 Å². The monoisotopic (exact) mass is 349 g/mol. The highest BCUT2D eigenvalue weighted by Crippen LogP contribution is 2.23. The molecule has 0 radical (unpaired) electrons. The van der Waals surface area contributed by atoms with E-state index in [0.29, 0.717) is 0 Å². The molecule has 2 fully saturated rings. The van der Waals surface area contributed by atoms with Crippen LogP contribution in [0.1, 0.15) is 33.1 Å². The van der Waals surface area contributed by atoms with E-state index in [1.54, 1.807) is 0 Å². The predicted molar refractivity (Wildman–Crippen MR) is 104 cm³/mol. The molecule has 2 aliphatic rings. The van der Waals surface area contributed by atoms with Crippen LogP contribution >= 0.6 is 11.6 Å². The van der Waals surface area contributed by atoms with E-state index < -0.39 is 0 Å². The molecule has 3 nitrogen and oxygen atoms in total. The lowest BCUT2D eigenvalue weighted by atomic mass is 10.0. The molecule has 2 heterocycles. The first kappa shape index (κ1) is 18.0. The van der Waals surface area contributed by atoms with Crippen molar-refractivity contribution in [2.45, 2.75) is 39.2 Å². The van der Waals surface area contributed by atoms with Crippen LogP contribution in [0.5, 0.6) is 0 Å². The van der Waals surface area contributed by atoms with Crippen LogP contribution in [0.2, 0.25) is 5.02 Å². The molecule has 1 atom stereocenters. The first-order valence-electron chi connectivity index (χ1n) is 9.59. The molecular weight excluding hydrogens is 318 g/mol. The summed E-state index contributed by atoms with van der Waals surface area (Å²) < 4.78 is 0. The topological polar surface area (TPSA) is 9.72 Å². The van der Waals surface area contributed by atoms with Gasteiger partial charge in [0.05, 0.1) is 0 Å². The maximum absolute atomic E-state index is 6.14. The summed E-state index contributed by atoms with van der Waals surface area (Å²) in [5.41, 5.74) is 1.27. The number of benzene rings is 1. The lowest BCUT2D eigenvalue weighted by Crippen LogP contribution is -2.55. The van der Waals surface area contributed by atoms with Crippen LogP contribution in [0, 0.1) is 5.92 Å². The van der Waals surface area contributed by atoms with Crippen molar-refractivity contribution in [1.82, 2.24) is 9.80 Å². The maximum atomic E-state index is 6.14. The van der Waals surface area contributed by atoms with Gasteiger partial charge in [0.2, 0.25) is 0 Å². The fraction of sp³-hybridized carbons (Fsp3) is 0.700. The van der Waals surface area contributed by atoms with Gasteiger partial charge in [0.25, 0.3) is 0 Å². The van der Waals surface area contributed by atoms with Crippen LogP contribution in [0.25, 0.3) is 0 Å². The summed E-state index contributed by atoms with van der Waals surface area (Å²) in [6, 6.07) is 9.03. The van der Waals surface area contributed by atoms with Crippen molar-refractivity contribution in [3.63, 3.8) is 0 Å². The van der Waals surface area contributed by atoms with Gasteiger partial charge in [0.1, 0.15) is 0 Å². The van der Waals surface area contributed by atoms with Gasteiger partial charge in [-0.3, -0.25) is 4.90 Å². The second kappa shape index (κ2) is 8.55. The smallest absolute Gasteiger partial charge is 0.0426 e. The zero-order valence-electron chi connectivity index (χ0n) is 15.3. The molecular formula is C20H32ClN3. The average Bonchev–Trinajstić information content (AvgIpc) is 2.60. The van der Waals surface area contributed by atoms with Crippen LogP contribution in [-0.4, -0.2) is 61.7 Å². The molecule has 0 aliphatic carbocycles. The van der Waals surface area contributed by atoms with Gasteiger partial charge in [-0.1, -0.05) is 31.5 Å². The average molecular weight is 350 g/mol. The highest BCUT2D eigenvalue weighted by Gasteiger charge is 2.28. The minimum atomic E-state index is 0.757. The van der Waals surface area contributed by atoms with E-state index in [1.807, 2.05) is 6.07 Å². The number of piperazine rings is 1. The summed E-state index contributed by atoms with van der Waals surface area (Å²) in [7, 11) is 0. The van der Waals surface area contributed by atoms with E-state index >= 15 is 0 Å². The highest BCUT2D eigenvalue weighted by atomic mass is 35.5. The standard InChI is InChI=1S/C20H32ClN3/c1-17(2)8-10-22-9-4-7-20(16-22)24-13-11-23(12-14-24)19-6-3-5-18(21)15-19/h3,5-6,15,17,20H,4,7-14,16H2,1-2H3/t20-/m1/s1. The molecule has 2 aliphatic heterocycles. The van der Waals surface area contributed by atoms with Crippen LogP contribution in [-0.2, 0) is 0 Å². The Morgan fingerprint density at radius 1 is 1.12 bits per heavy atom. The lowest BCUT2D eigenvalue weighted by Gasteiger charge is -2.44. The second-order valence-electron chi connectivity index (χ2n) is 7.78. The summed E-state index contributed by atoms with van der Waals surface area (Å²) >= 11 is 6.14. The number of hydrogen-bond acceptors (Lipinski definition) is 3. The van der Waals surface area contributed by atoms with E-state index in [-0.39, 0.29) is 0 Å². The minimum Gasteiger partial charge on any atom is -0.369 e. The first-order chi connectivity index (χ1) is 11.6. The van der Waals surface area contributed by atoms with Crippen molar-refractivity contribution < 1.29 is 0 Å². The summed E-state index contributed by atoms with van der Waals surface area (Å²) in [6.45, 7) is 13.1. The van der Waals surface area contributed by atoms with Gasteiger partial charge in [-0.2, -0.15) is 0 Å². The molecule has 0 aromatic heterocycles. The third-order valence-electron chi connectivity index (χ3n) is 5.51. The minimum absolute atomic E-state index is 0.757. The molecule has 1 aromatic rings. The maximum Gasteiger partial charge on any atom is 0.0426 e. The molecule has 134 valence electrons. The Hall–Kier alpha value is -0.770. The van der Waals surface area contributed by atoms with E-state index in [2.05, 4.69) is 46.7 Å². The number of hydrogen-bond donors (Lipinski definition) is 0. The molecule has 3 rings (SSSR count). The van der Waals surface area contributed by atoms with Gasteiger partial charge < -0.3 is 9.80 Å². The van der Waals surface area contributed by atoms with Gasteiger partial charge in [0.15, 0.2) is 0 Å². The van der Waals surface area contributed by atoms with E-state index in [9.17, 15) is 0 Å². The first-order valence-corrected chi connectivity index (χ1v) is 9.96. The zero-order chi connectivity index (χ0) is 16.9. The Kier molecular flexibility index (Phi) is 6.43. The Balaban J connectivity index is 1.49. The molecule has 1 aromatic carbocycles. The third kappa shape index (κ3) is 4.87. The van der Waals surface area contributed by atoms with Gasteiger partial charge in [-0.25, -0.2) is 0 Å². The highest BCUT2D eigenvalue weighted by molar-refractivity contribution is 6.30. The Bertz CT molecular complexity index is 511. The predicted octanol–water partition coefficient (Wildman–Crippen LogP) is 3.97. The van der Waals surface area contributed by atoms with Crippen molar-refractivity contribution in [3.05, 3.63) is 29.3 Å². The molecule has 4 heteroatoms. The second-order valence-corrected chi connectivity index (χ2v) is 8.22. The van der Waals surface area contributed by atoms with Crippen LogP contribution in [0.4, 0.5) is 5.69 Å². The van der Waals surface area contributed by atoms with Crippen LogP contribution < -0.4 is 4.90 Å². The Labute approximate surface area is 152 Å². The van der Waals surface area contributed by atoms with Crippen molar-refractivity contribution in [2.75, 3.05) is 50.7 Å².